The number of rotatable bonds is 4. The molecule has 2 aromatic rings. The summed E-state index contributed by atoms with van der Waals surface area (Å²) in [6, 6.07) is 6.76. The number of hydrogen-bond acceptors (Lipinski definition) is 6. The number of thiazole rings is 1. The van der Waals surface area contributed by atoms with E-state index in [4.69, 9.17) is 4.74 Å². The summed E-state index contributed by atoms with van der Waals surface area (Å²) in [6.45, 7) is 7.27. The average molecular weight is 450 g/mol. The number of aryl methyl sites for hydroxylation is 1. The van der Waals surface area contributed by atoms with Gasteiger partial charge in [-0.3, -0.25) is 4.79 Å². The fourth-order valence-electron chi connectivity index (χ4n) is 4.11. The van der Waals surface area contributed by atoms with Gasteiger partial charge in [0.15, 0.2) is 0 Å². The van der Waals surface area contributed by atoms with E-state index in [0.29, 0.717) is 31.7 Å². The van der Waals surface area contributed by atoms with Gasteiger partial charge in [0.2, 0.25) is 15.9 Å². The molecule has 0 unspecified atom stereocenters. The van der Waals surface area contributed by atoms with Gasteiger partial charge < -0.3 is 9.64 Å². The van der Waals surface area contributed by atoms with Crippen molar-refractivity contribution in [1.82, 2.24) is 14.2 Å². The third kappa shape index (κ3) is 4.10. The van der Waals surface area contributed by atoms with Crippen molar-refractivity contribution in [3.63, 3.8) is 0 Å². The minimum absolute atomic E-state index is 0.0903. The maximum Gasteiger partial charge on any atom is 0.247 e. The van der Waals surface area contributed by atoms with Crippen molar-refractivity contribution in [3.05, 3.63) is 40.3 Å². The van der Waals surface area contributed by atoms with Crippen LogP contribution in [0.5, 0.6) is 5.75 Å². The number of carbonyl (C=O) groups is 1. The first-order chi connectivity index (χ1) is 14.2. The van der Waals surface area contributed by atoms with E-state index in [0.717, 1.165) is 10.7 Å². The highest BCUT2D eigenvalue weighted by Gasteiger charge is 2.48. The zero-order valence-electron chi connectivity index (χ0n) is 17.5. The number of carbonyl (C=O) groups excluding carboxylic acids is 1. The molecule has 162 valence electrons. The number of sulfonamides is 1. The Hall–Kier alpha value is -1.97. The lowest BCUT2D eigenvalue weighted by Gasteiger charge is -2.31. The van der Waals surface area contributed by atoms with Gasteiger partial charge in [-0.25, -0.2) is 13.4 Å². The smallest absolute Gasteiger partial charge is 0.247 e. The average Bonchev–Trinajstić information content (AvgIpc) is 3.25. The van der Waals surface area contributed by atoms with Crippen LogP contribution in [-0.4, -0.2) is 53.7 Å². The number of benzene rings is 1. The minimum Gasteiger partial charge on any atom is -0.483 e. The summed E-state index contributed by atoms with van der Waals surface area (Å²) < 4.78 is 34.8. The van der Waals surface area contributed by atoms with E-state index in [2.05, 4.69) is 4.98 Å². The van der Waals surface area contributed by atoms with Crippen molar-refractivity contribution in [3.8, 4) is 5.75 Å². The Morgan fingerprint density at radius 3 is 2.77 bits per heavy atom. The number of nitrogens with zero attached hydrogens (tertiary/aromatic N) is 3. The Bertz CT molecular complexity index is 1050. The van der Waals surface area contributed by atoms with Crippen LogP contribution >= 0.6 is 11.3 Å². The Labute approximate surface area is 181 Å². The van der Waals surface area contributed by atoms with Crippen molar-refractivity contribution in [1.29, 1.82) is 0 Å². The van der Waals surface area contributed by atoms with Crippen LogP contribution in [0.25, 0.3) is 0 Å². The van der Waals surface area contributed by atoms with Gasteiger partial charge in [-0.05, 0) is 25.0 Å². The molecule has 0 N–H and O–H groups in total. The monoisotopic (exact) mass is 449 g/mol. The van der Waals surface area contributed by atoms with Crippen molar-refractivity contribution >= 4 is 27.3 Å². The molecule has 30 heavy (non-hydrogen) atoms. The molecule has 1 spiro atoms. The number of likely N-dealkylation sites (tertiary alicyclic amines) is 1. The maximum atomic E-state index is 13.5. The molecule has 2 aliphatic rings. The van der Waals surface area contributed by atoms with Crippen molar-refractivity contribution in [2.45, 2.75) is 50.7 Å². The van der Waals surface area contributed by atoms with Crippen LogP contribution < -0.4 is 4.74 Å². The van der Waals surface area contributed by atoms with E-state index in [1.54, 1.807) is 24.3 Å². The highest BCUT2D eigenvalue weighted by molar-refractivity contribution is 7.89. The lowest BCUT2D eigenvalue weighted by molar-refractivity contribution is -0.131. The fraction of sp³-hybridized carbons (Fsp3) is 0.524. The number of amides is 1. The first kappa shape index (κ1) is 21.3. The summed E-state index contributed by atoms with van der Waals surface area (Å²) in [5.41, 5.74) is -0.0430. The Morgan fingerprint density at radius 1 is 1.30 bits per heavy atom. The quantitative estimate of drug-likeness (QED) is 0.717. The number of fused-ring (bicyclic) bond motifs is 1. The van der Waals surface area contributed by atoms with E-state index in [1.165, 1.54) is 15.6 Å². The van der Waals surface area contributed by atoms with E-state index < -0.39 is 15.6 Å². The summed E-state index contributed by atoms with van der Waals surface area (Å²) in [6.07, 6.45) is 1.07. The zero-order valence-corrected chi connectivity index (χ0v) is 19.1. The molecule has 3 heterocycles. The Kier molecular flexibility index (Phi) is 5.63. The van der Waals surface area contributed by atoms with Gasteiger partial charge >= 0.3 is 0 Å². The summed E-state index contributed by atoms with van der Waals surface area (Å²) >= 11 is 1.50. The first-order valence-electron chi connectivity index (χ1n) is 10.2. The van der Waals surface area contributed by atoms with E-state index in [-0.39, 0.29) is 29.8 Å². The van der Waals surface area contributed by atoms with Gasteiger partial charge in [-0.15, -0.1) is 11.3 Å². The molecule has 0 aliphatic carbocycles. The summed E-state index contributed by atoms with van der Waals surface area (Å²) in [5, 5.41) is 2.79. The minimum atomic E-state index is -3.76. The second kappa shape index (κ2) is 7.94. The number of hydrogen-bond donors (Lipinski definition) is 0. The van der Waals surface area contributed by atoms with Crippen molar-refractivity contribution < 1.29 is 17.9 Å². The van der Waals surface area contributed by atoms with Crippen LogP contribution in [-0.2, 0) is 21.4 Å². The SMILES string of the molecule is Cc1nc(CN2C[C@]3(CCN(C(=O)CC(C)C)C3)Oc3ccccc3S2(=O)=O)cs1. The molecule has 0 saturated carbocycles. The van der Waals surface area contributed by atoms with E-state index in [1.807, 2.05) is 31.1 Å². The molecular weight excluding hydrogens is 422 g/mol. The normalized spacial score (nSPS) is 23.4. The number of ether oxygens (including phenoxy) is 1. The van der Waals surface area contributed by atoms with Crippen LogP contribution in [0.15, 0.2) is 34.5 Å². The standard InChI is InChI=1S/C21H27N3O4S2/c1-15(2)10-20(25)23-9-8-21(13-23)14-24(11-17-12-29-16(3)22-17)30(26,27)19-7-5-4-6-18(19)28-21/h4-7,12,15H,8-11,13-14H2,1-3H3/t21-/m1/s1. The molecule has 1 atom stereocenters. The number of para-hydroxylation sites is 1. The molecule has 2 aliphatic heterocycles. The van der Waals surface area contributed by atoms with E-state index in [9.17, 15) is 13.2 Å². The summed E-state index contributed by atoms with van der Waals surface area (Å²) in [5.74, 6) is 0.717. The van der Waals surface area contributed by atoms with Gasteiger partial charge in [0, 0.05) is 24.8 Å². The second-order valence-corrected chi connectivity index (χ2v) is 11.5. The zero-order chi connectivity index (χ0) is 21.5. The van der Waals surface area contributed by atoms with Crippen LogP contribution in [0.1, 0.15) is 37.4 Å². The van der Waals surface area contributed by atoms with Crippen LogP contribution in [0.4, 0.5) is 0 Å². The molecule has 1 aromatic carbocycles. The molecule has 0 bridgehead atoms. The molecule has 1 fully saturated rings. The van der Waals surface area contributed by atoms with Crippen LogP contribution in [0, 0.1) is 12.8 Å². The predicted octanol–water partition coefficient (Wildman–Crippen LogP) is 3.05. The lowest BCUT2D eigenvalue weighted by Crippen LogP contribution is -2.49. The Morgan fingerprint density at radius 2 is 2.07 bits per heavy atom. The molecule has 4 rings (SSSR count). The molecular formula is C21H27N3O4S2. The van der Waals surface area contributed by atoms with Gasteiger partial charge in [0.05, 0.1) is 30.3 Å². The van der Waals surface area contributed by atoms with Crippen LogP contribution in [0.3, 0.4) is 0 Å². The maximum absolute atomic E-state index is 13.5. The molecule has 1 saturated heterocycles. The highest BCUT2D eigenvalue weighted by Crippen LogP contribution is 2.39. The largest absolute Gasteiger partial charge is 0.483 e. The van der Waals surface area contributed by atoms with Crippen molar-refractivity contribution in [2.75, 3.05) is 19.6 Å². The lowest BCUT2D eigenvalue weighted by atomic mass is 10.0. The number of aromatic nitrogens is 1. The third-order valence-electron chi connectivity index (χ3n) is 5.51. The molecule has 0 radical (unpaired) electrons. The predicted molar refractivity (Wildman–Crippen MR) is 115 cm³/mol. The van der Waals surface area contributed by atoms with Gasteiger partial charge in [-0.2, -0.15) is 4.31 Å². The van der Waals surface area contributed by atoms with Gasteiger partial charge in [0.25, 0.3) is 0 Å². The topological polar surface area (TPSA) is 79.8 Å². The third-order valence-corrected chi connectivity index (χ3v) is 8.17. The van der Waals surface area contributed by atoms with Gasteiger partial charge in [-0.1, -0.05) is 26.0 Å². The molecule has 7 nitrogen and oxygen atoms in total. The summed E-state index contributed by atoms with van der Waals surface area (Å²) in [7, 11) is -3.76. The fourth-order valence-corrected chi connectivity index (χ4v) is 6.31. The van der Waals surface area contributed by atoms with E-state index >= 15 is 0 Å². The first-order valence-corrected chi connectivity index (χ1v) is 12.5. The Balaban J connectivity index is 1.69. The van der Waals surface area contributed by atoms with Gasteiger partial charge in [0.1, 0.15) is 16.2 Å². The summed E-state index contributed by atoms with van der Waals surface area (Å²) in [4.78, 5) is 19.1. The molecule has 9 heteroatoms. The second-order valence-electron chi connectivity index (χ2n) is 8.53. The molecule has 1 amide bonds. The van der Waals surface area contributed by atoms with Crippen molar-refractivity contribution in [2.24, 2.45) is 5.92 Å². The molecule has 1 aromatic heterocycles. The van der Waals surface area contributed by atoms with Crippen LogP contribution in [0.2, 0.25) is 0 Å². The highest BCUT2D eigenvalue weighted by atomic mass is 32.2.